The van der Waals surface area contributed by atoms with Crippen molar-refractivity contribution >= 4 is 27.6 Å². The van der Waals surface area contributed by atoms with Crippen LogP contribution in [0.3, 0.4) is 0 Å². The zero-order chi connectivity index (χ0) is 23.6. The summed E-state index contributed by atoms with van der Waals surface area (Å²) in [7, 11) is -2.48. The highest BCUT2D eigenvalue weighted by Crippen LogP contribution is 2.30. The van der Waals surface area contributed by atoms with Crippen molar-refractivity contribution in [2.24, 2.45) is 0 Å². The van der Waals surface area contributed by atoms with Crippen LogP contribution >= 0.6 is 0 Å². The first kappa shape index (κ1) is 22.3. The van der Waals surface area contributed by atoms with Crippen molar-refractivity contribution in [1.29, 1.82) is 0 Å². The van der Waals surface area contributed by atoms with Crippen LogP contribution in [0.2, 0.25) is 0 Å². The second kappa shape index (κ2) is 8.91. The highest BCUT2D eigenvalue weighted by atomic mass is 32.2. The Morgan fingerprint density at radius 1 is 1.00 bits per heavy atom. The fourth-order valence-electron chi connectivity index (χ4n) is 3.56. The van der Waals surface area contributed by atoms with Gasteiger partial charge in [0.05, 0.1) is 29.4 Å². The van der Waals surface area contributed by atoms with Gasteiger partial charge >= 0.3 is 0 Å². The van der Waals surface area contributed by atoms with Gasteiger partial charge in [-0.1, -0.05) is 12.1 Å². The van der Waals surface area contributed by atoms with E-state index in [4.69, 9.17) is 9.15 Å². The number of imide groups is 1. The van der Waals surface area contributed by atoms with Crippen LogP contribution in [0, 0.1) is 0 Å². The molecule has 33 heavy (non-hydrogen) atoms. The quantitative estimate of drug-likeness (QED) is 0.503. The molecule has 9 nitrogen and oxygen atoms in total. The number of hydrogen-bond donors (Lipinski definition) is 1. The van der Waals surface area contributed by atoms with Crippen LogP contribution in [-0.4, -0.2) is 51.2 Å². The third-order valence-corrected chi connectivity index (χ3v) is 7.36. The van der Waals surface area contributed by atoms with Crippen molar-refractivity contribution in [1.82, 2.24) is 10.2 Å². The van der Waals surface area contributed by atoms with E-state index in [2.05, 4.69) is 5.32 Å². The number of hydrogen-bond acceptors (Lipinski definition) is 7. The molecule has 1 aromatic heterocycles. The van der Waals surface area contributed by atoms with Crippen molar-refractivity contribution in [3.05, 3.63) is 83.8 Å². The topological polar surface area (TPSA) is 123 Å². The average Bonchev–Trinajstić information content (AvgIpc) is 3.43. The van der Waals surface area contributed by atoms with Gasteiger partial charge in [0.15, 0.2) is 9.84 Å². The van der Waals surface area contributed by atoms with Gasteiger partial charge in [-0.15, -0.1) is 0 Å². The summed E-state index contributed by atoms with van der Waals surface area (Å²) in [6.07, 6.45) is 1.34. The first-order valence-corrected chi connectivity index (χ1v) is 11.5. The molecule has 1 aliphatic rings. The molecule has 1 N–H and O–H groups in total. The van der Waals surface area contributed by atoms with Gasteiger partial charge < -0.3 is 14.5 Å². The molecule has 2 aromatic carbocycles. The molecular weight excluding hydrogens is 448 g/mol. The standard InChI is InChI=1S/C23H20N2O7S/c1-31-15-8-10-16(11-9-15)33(29,30)20(19-7-4-12-32-19)13-24-21(26)14-25-22(27)17-5-2-3-6-18(17)23(25)28/h2-12,20H,13-14H2,1H3,(H,24,26). The number of fused-ring (bicyclic) bond motifs is 1. The summed E-state index contributed by atoms with van der Waals surface area (Å²) >= 11 is 0. The number of amides is 3. The third-order valence-electron chi connectivity index (χ3n) is 5.29. The number of carbonyl (C=O) groups is 3. The van der Waals surface area contributed by atoms with Gasteiger partial charge in [-0.3, -0.25) is 19.3 Å². The summed E-state index contributed by atoms with van der Waals surface area (Å²) in [5, 5.41) is 1.30. The SMILES string of the molecule is COc1ccc(S(=O)(=O)C(CNC(=O)CN2C(=O)c3ccccc3C2=O)c2ccco2)cc1. The van der Waals surface area contributed by atoms with E-state index in [0.29, 0.717) is 5.75 Å². The molecule has 1 atom stereocenters. The summed E-state index contributed by atoms with van der Waals surface area (Å²) in [5.41, 5.74) is 0.455. The summed E-state index contributed by atoms with van der Waals surface area (Å²) in [6.45, 7) is -0.844. The van der Waals surface area contributed by atoms with Crippen LogP contribution in [0.15, 0.2) is 76.2 Å². The lowest BCUT2D eigenvalue weighted by atomic mass is 10.1. The fraction of sp³-hybridized carbons (Fsp3) is 0.174. The zero-order valence-electron chi connectivity index (χ0n) is 17.6. The summed E-state index contributed by atoms with van der Waals surface area (Å²) in [5.74, 6) is -1.17. The van der Waals surface area contributed by atoms with Crippen molar-refractivity contribution in [3.8, 4) is 5.75 Å². The van der Waals surface area contributed by atoms with E-state index in [0.717, 1.165) is 4.90 Å². The molecule has 3 aromatic rings. The smallest absolute Gasteiger partial charge is 0.262 e. The van der Waals surface area contributed by atoms with Crippen LogP contribution in [-0.2, 0) is 14.6 Å². The molecule has 4 rings (SSSR count). The number of furan rings is 1. The molecule has 1 unspecified atom stereocenters. The van der Waals surface area contributed by atoms with E-state index in [1.165, 1.54) is 55.8 Å². The Hall–Kier alpha value is -3.92. The van der Waals surface area contributed by atoms with Crippen molar-refractivity contribution in [2.75, 3.05) is 20.2 Å². The van der Waals surface area contributed by atoms with Gasteiger partial charge in [-0.25, -0.2) is 8.42 Å². The lowest BCUT2D eigenvalue weighted by Gasteiger charge is -2.18. The Morgan fingerprint density at radius 2 is 1.64 bits per heavy atom. The minimum absolute atomic E-state index is 0.0271. The van der Waals surface area contributed by atoms with E-state index in [1.807, 2.05) is 0 Å². The van der Waals surface area contributed by atoms with Crippen molar-refractivity contribution in [2.45, 2.75) is 10.1 Å². The molecule has 0 fully saturated rings. The Kier molecular flexibility index (Phi) is 6.01. The van der Waals surface area contributed by atoms with E-state index >= 15 is 0 Å². The second-order valence-corrected chi connectivity index (χ2v) is 9.40. The largest absolute Gasteiger partial charge is 0.497 e. The van der Waals surface area contributed by atoms with Crippen molar-refractivity contribution < 1.29 is 32.0 Å². The highest BCUT2D eigenvalue weighted by molar-refractivity contribution is 7.91. The molecule has 3 amide bonds. The van der Waals surface area contributed by atoms with Crippen LogP contribution in [0.25, 0.3) is 0 Å². The number of nitrogens with zero attached hydrogens (tertiary/aromatic N) is 1. The zero-order valence-corrected chi connectivity index (χ0v) is 18.4. The van der Waals surface area contributed by atoms with Crippen LogP contribution in [0.1, 0.15) is 31.7 Å². The van der Waals surface area contributed by atoms with Crippen LogP contribution in [0.4, 0.5) is 0 Å². The van der Waals surface area contributed by atoms with Crippen LogP contribution < -0.4 is 10.1 Å². The van der Waals surface area contributed by atoms with Gasteiger partial charge in [-0.05, 0) is 48.5 Å². The molecule has 2 heterocycles. The fourth-order valence-corrected chi connectivity index (χ4v) is 5.14. The molecule has 10 heteroatoms. The predicted octanol–water partition coefficient (Wildman–Crippen LogP) is 2.22. The molecule has 0 saturated heterocycles. The first-order chi connectivity index (χ1) is 15.8. The number of benzene rings is 2. The third kappa shape index (κ3) is 4.24. The van der Waals surface area contributed by atoms with Gasteiger partial charge in [0.1, 0.15) is 23.3 Å². The number of ether oxygens (including phenoxy) is 1. The maximum atomic E-state index is 13.3. The highest BCUT2D eigenvalue weighted by Gasteiger charge is 2.37. The Balaban J connectivity index is 1.50. The number of nitrogens with one attached hydrogen (secondary N) is 1. The molecule has 0 aliphatic carbocycles. The van der Waals surface area contributed by atoms with Gasteiger partial charge in [0.2, 0.25) is 5.91 Å². The van der Waals surface area contributed by atoms with E-state index in [1.54, 1.807) is 18.2 Å². The molecule has 0 bridgehead atoms. The molecule has 1 aliphatic heterocycles. The number of rotatable bonds is 8. The number of methoxy groups -OCH3 is 1. The Bertz CT molecular complexity index is 1260. The molecule has 170 valence electrons. The molecule has 0 spiro atoms. The molecular formula is C23H20N2O7S. The lowest BCUT2D eigenvalue weighted by Crippen LogP contribution is -2.42. The van der Waals surface area contributed by atoms with E-state index in [-0.39, 0.29) is 28.3 Å². The molecule has 0 radical (unpaired) electrons. The predicted molar refractivity (Wildman–Crippen MR) is 116 cm³/mol. The van der Waals surface area contributed by atoms with E-state index in [9.17, 15) is 22.8 Å². The second-order valence-electron chi connectivity index (χ2n) is 7.27. The Labute approximate surface area is 189 Å². The Morgan fingerprint density at radius 3 is 2.18 bits per heavy atom. The summed E-state index contributed by atoms with van der Waals surface area (Å²) < 4.78 is 36.9. The summed E-state index contributed by atoms with van der Waals surface area (Å²) in [4.78, 5) is 38.4. The summed E-state index contributed by atoms with van der Waals surface area (Å²) in [6, 6.07) is 15.2. The normalized spacial score (nSPS) is 14.2. The monoisotopic (exact) mass is 468 g/mol. The van der Waals surface area contributed by atoms with Gasteiger partial charge in [-0.2, -0.15) is 0 Å². The minimum Gasteiger partial charge on any atom is -0.497 e. The lowest BCUT2D eigenvalue weighted by molar-refractivity contribution is -0.121. The van der Waals surface area contributed by atoms with Gasteiger partial charge in [0, 0.05) is 6.54 Å². The number of sulfone groups is 1. The maximum Gasteiger partial charge on any atom is 0.262 e. The van der Waals surface area contributed by atoms with Crippen LogP contribution in [0.5, 0.6) is 5.75 Å². The molecule has 0 saturated carbocycles. The average molecular weight is 468 g/mol. The number of carbonyl (C=O) groups excluding carboxylic acids is 3. The van der Waals surface area contributed by atoms with Gasteiger partial charge in [0.25, 0.3) is 11.8 Å². The van der Waals surface area contributed by atoms with E-state index < -0.39 is 39.4 Å². The first-order valence-electron chi connectivity index (χ1n) is 9.96. The van der Waals surface area contributed by atoms with Crippen molar-refractivity contribution in [3.63, 3.8) is 0 Å². The maximum absolute atomic E-state index is 13.3. The minimum atomic E-state index is -3.95.